The molecule has 0 saturated carbocycles. The molecule has 0 fully saturated rings. The molecule has 0 aliphatic heterocycles. The van der Waals surface area contributed by atoms with E-state index in [0.717, 1.165) is 16.9 Å². The fourth-order valence-electron chi connectivity index (χ4n) is 1.33. The van der Waals surface area contributed by atoms with Crippen molar-refractivity contribution in [1.29, 1.82) is 0 Å². The molecule has 6 heteroatoms. The summed E-state index contributed by atoms with van der Waals surface area (Å²) in [6.07, 6.45) is 0. The molecule has 90 valence electrons. The van der Waals surface area contributed by atoms with Gasteiger partial charge in [-0.25, -0.2) is 8.93 Å². The number of rotatable bonds is 5. The van der Waals surface area contributed by atoms with E-state index in [2.05, 4.69) is 4.72 Å². The Hall–Kier alpha value is -1.11. The third-order valence-corrected chi connectivity index (χ3v) is 2.82. The van der Waals surface area contributed by atoms with E-state index in [-0.39, 0.29) is 0 Å². The monoisotopic (exact) mass is 243 g/mol. The van der Waals surface area contributed by atoms with Gasteiger partial charge in [-0.15, -0.1) is 0 Å². The fraction of sp³-hybridized carbons (Fsp3) is 0.400. The minimum atomic E-state index is -1.94. The maximum Gasteiger partial charge on any atom is 0.231 e. The number of hydrogen-bond acceptors (Lipinski definition) is 3. The average molecular weight is 243 g/mol. The molecule has 0 aliphatic carbocycles. The highest BCUT2D eigenvalue weighted by Gasteiger charge is 2.02. The van der Waals surface area contributed by atoms with Crippen LogP contribution in [0.2, 0.25) is 0 Å². The van der Waals surface area contributed by atoms with E-state index in [1.807, 2.05) is 37.1 Å². The van der Waals surface area contributed by atoms with Crippen LogP contribution in [-0.2, 0) is 11.3 Å². The summed E-state index contributed by atoms with van der Waals surface area (Å²) in [6, 6.07) is 5.78. The lowest BCUT2D eigenvalue weighted by atomic mass is 10.2. The van der Waals surface area contributed by atoms with Gasteiger partial charge in [0, 0.05) is 31.5 Å². The van der Waals surface area contributed by atoms with Gasteiger partial charge in [-0.3, -0.25) is 4.55 Å². The molecule has 0 radical (unpaired) electrons. The first-order valence-electron chi connectivity index (χ1n) is 4.92. The molecule has 5 nitrogen and oxygen atoms in total. The Kier molecular flexibility index (Phi) is 4.72. The molecule has 0 bridgehead atoms. The van der Waals surface area contributed by atoms with Gasteiger partial charge in [-0.1, -0.05) is 0 Å². The lowest BCUT2D eigenvalue weighted by Gasteiger charge is -2.19. The number of hydrogen-bond donors (Lipinski definition) is 3. The Morgan fingerprint density at radius 1 is 1.56 bits per heavy atom. The molecule has 0 amide bonds. The summed E-state index contributed by atoms with van der Waals surface area (Å²) in [5.41, 5.74) is 8.56. The number of anilines is 2. The molecule has 0 spiro atoms. The van der Waals surface area contributed by atoms with Gasteiger partial charge in [0.1, 0.15) is 0 Å². The first kappa shape index (κ1) is 13.0. The van der Waals surface area contributed by atoms with Crippen LogP contribution in [0.15, 0.2) is 18.2 Å². The number of nitrogens with one attached hydrogen (secondary N) is 1. The number of nitrogens with two attached hydrogens (primary N) is 1. The van der Waals surface area contributed by atoms with Crippen LogP contribution < -0.4 is 15.4 Å². The van der Waals surface area contributed by atoms with Crippen LogP contribution >= 0.6 is 0 Å². The van der Waals surface area contributed by atoms with Crippen molar-refractivity contribution < 1.29 is 8.76 Å². The molecule has 0 aromatic heterocycles. The van der Waals surface area contributed by atoms with Crippen molar-refractivity contribution in [3.8, 4) is 0 Å². The molecule has 4 N–H and O–H groups in total. The highest BCUT2D eigenvalue weighted by Crippen LogP contribution is 2.19. The smallest absolute Gasteiger partial charge is 0.231 e. The highest BCUT2D eigenvalue weighted by molar-refractivity contribution is 7.77. The number of nitrogens with zero attached hydrogens (tertiary/aromatic N) is 1. The van der Waals surface area contributed by atoms with Crippen LogP contribution in [-0.4, -0.2) is 28.9 Å². The number of benzene rings is 1. The summed E-state index contributed by atoms with van der Waals surface area (Å²) in [5, 5.41) is 0. The van der Waals surface area contributed by atoms with Crippen LogP contribution in [0.25, 0.3) is 0 Å². The number of aryl methyl sites for hydroxylation is 1. The van der Waals surface area contributed by atoms with Crippen molar-refractivity contribution in [2.45, 2.75) is 6.92 Å². The van der Waals surface area contributed by atoms with E-state index in [1.165, 1.54) is 0 Å². The topological polar surface area (TPSA) is 78.6 Å². The predicted molar refractivity (Wildman–Crippen MR) is 67.6 cm³/mol. The predicted octanol–water partition coefficient (Wildman–Crippen LogP) is 0.740. The van der Waals surface area contributed by atoms with Crippen LogP contribution in [0.5, 0.6) is 0 Å². The largest absolute Gasteiger partial charge is 0.399 e. The van der Waals surface area contributed by atoms with Gasteiger partial charge in [0.2, 0.25) is 11.3 Å². The molecular formula is C10H17N3O2S. The summed E-state index contributed by atoms with van der Waals surface area (Å²) in [5.74, 6) is 0. The highest BCUT2D eigenvalue weighted by atomic mass is 32.2. The summed E-state index contributed by atoms with van der Waals surface area (Å²) in [6.45, 7) is 3.05. The van der Waals surface area contributed by atoms with Gasteiger partial charge >= 0.3 is 0 Å². The molecule has 1 aromatic carbocycles. The SMILES string of the molecule is Cc1cc(N(C)CCNS(=O)O)ccc1N. The summed E-state index contributed by atoms with van der Waals surface area (Å²) < 4.78 is 21.4. The second-order valence-corrected chi connectivity index (χ2v) is 4.39. The van der Waals surface area contributed by atoms with E-state index in [9.17, 15) is 4.21 Å². The van der Waals surface area contributed by atoms with E-state index in [4.69, 9.17) is 10.3 Å². The second kappa shape index (κ2) is 5.83. The minimum Gasteiger partial charge on any atom is -0.399 e. The summed E-state index contributed by atoms with van der Waals surface area (Å²) in [4.78, 5) is 1.99. The second-order valence-electron chi connectivity index (χ2n) is 3.61. The fourth-order valence-corrected chi connectivity index (χ4v) is 1.59. The molecular weight excluding hydrogens is 226 g/mol. The van der Waals surface area contributed by atoms with Crippen LogP contribution in [0.1, 0.15) is 5.56 Å². The lowest BCUT2D eigenvalue weighted by Crippen LogP contribution is -2.29. The van der Waals surface area contributed by atoms with Crippen molar-refractivity contribution in [3.05, 3.63) is 23.8 Å². The molecule has 0 aliphatic rings. The third-order valence-electron chi connectivity index (χ3n) is 2.37. The first-order chi connectivity index (χ1) is 7.50. The molecule has 1 aromatic rings. The van der Waals surface area contributed by atoms with Crippen LogP contribution in [0, 0.1) is 6.92 Å². The van der Waals surface area contributed by atoms with Crippen molar-refractivity contribution >= 4 is 22.6 Å². The molecule has 16 heavy (non-hydrogen) atoms. The van der Waals surface area contributed by atoms with Gasteiger partial charge in [-0.2, -0.15) is 0 Å². The van der Waals surface area contributed by atoms with Crippen LogP contribution in [0.3, 0.4) is 0 Å². The Balaban J connectivity index is 2.55. The third kappa shape index (κ3) is 3.80. The minimum absolute atomic E-state index is 0.447. The average Bonchev–Trinajstić information content (AvgIpc) is 2.21. The van der Waals surface area contributed by atoms with Crippen LogP contribution in [0.4, 0.5) is 11.4 Å². The standard InChI is InChI=1S/C10H17N3O2S/c1-8-7-9(3-4-10(8)11)13(2)6-5-12-16(14)15/h3-4,7,12H,5-6,11H2,1-2H3,(H,14,15). The number of likely N-dealkylation sites (N-methyl/N-ethyl adjacent to an activating group) is 1. The maximum atomic E-state index is 10.4. The normalized spacial score (nSPS) is 12.4. The van der Waals surface area contributed by atoms with E-state index in [0.29, 0.717) is 13.1 Å². The zero-order chi connectivity index (χ0) is 12.1. The Morgan fingerprint density at radius 2 is 2.25 bits per heavy atom. The number of nitrogen functional groups attached to an aromatic ring is 1. The van der Waals surface area contributed by atoms with Gasteiger partial charge in [0.15, 0.2) is 0 Å². The van der Waals surface area contributed by atoms with Crippen molar-refractivity contribution in [2.24, 2.45) is 0 Å². The Labute approximate surface area is 98.1 Å². The van der Waals surface area contributed by atoms with E-state index >= 15 is 0 Å². The Bertz CT molecular complexity index is 384. The molecule has 1 rings (SSSR count). The lowest BCUT2D eigenvalue weighted by molar-refractivity contribution is 0.549. The van der Waals surface area contributed by atoms with Gasteiger partial charge in [0.05, 0.1) is 0 Å². The van der Waals surface area contributed by atoms with Crippen molar-refractivity contribution in [1.82, 2.24) is 4.72 Å². The molecule has 1 unspecified atom stereocenters. The summed E-state index contributed by atoms with van der Waals surface area (Å²) in [7, 11) is 1.92. The van der Waals surface area contributed by atoms with Crippen molar-refractivity contribution in [2.75, 3.05) is 30.8 Å². The van der Waals surface area contributed by atoms with E-state index < -0.39 is 11.3 Å². The van der Waals surface area contributed by atoms with E-state index in [1.54, 1.807) is 0 Å². The molecule has 0 heterocycles. The molecule has 0 saturated heterocycles. The Morgan fingerprint density at radius 3 is 2.81 bits per heavy atom. The first-order valence-corrected chi connectivity index (χ1v) is 6.03. The quantitative estimate of drug-likeness (QED) is 0.526. The van der Waals surface area contributed by atoms with Gasteiger partial charge < -0.3 is 10.6 Å². The zero-order valence-electron chi connectivity index (χ0n) is 9.43. The van der Waals surface area contributed by atoms with Gasteiger partial charge in [-0.05, 0) is 30.7 Å². The zero-order valence-corrected chi connectivity index (χ0v) is 10.3. The van der Waals surface area contributed by atoms with Gasteiger partial charge in [0.25, 0.3) is 0 Å². The maximum absolute atomic E-state index is 10.4. The van der Waals surface area contributed by atoms with Crippen molar-refractivity contribution in [3.63, 3.8) is 0 Å². The summed E-state index contributed by atoms with van der Waals surface area (Å²) >= 11 is -1.94. The molecule has 1 atom stereocenters.